The first-order chi connectivity index (χ1) is 6.45. The monoisotopic (exact) mass is 184 g/mol. The SMILES string of the molecule is C1CC(CNCC2CCOC2)CN1. The molecule has 0 saturated carbocycles. The minimum absolute atomic E-state index is 0.773. The van der Waals surface area contributed by atoms with Crippen molar-refractivity contribution < 1.29 is 4.74 Å². The zero-order valence-corrected chi connectivity index (χ0v) is 8.22. The zero-order valence-electron chi connectivity index (χ0n) is 8.22. The molecule has 0 spiro atoms. The molecular weight excluding hydrogens is 164 g/mol. The topological polar surface area (TPSA) is 33.3 Å². The molecule has 2 heterocycles. The Morgan fingerprint density at radius 3 is 2.85 bits per heavy atom. The van der Waals surface area contributed by atoms with Crippen LogP contribution in [0.4, 0.5) is 0 Å². The van der Waals surface area contributed by atoms with Crippen LogP contribution in [0.1, 0.15) is 12.8 Å². The van der Waals surface area contributed by atoms with Crippen molar-refractivity contribution in [1.82, 2.24) is 10.6 Å². The summed E-state index contributed by atoms with van der Waals surface area (Å²) in [5.41, 5.74) is 0. The minimum atomic E-state index is 0.773. The molecule has 2 saturated heterocycles. The first-order valence-electron chi connectivity index (χ1n) is 5.44. The van der Waals surface area contributed by atoms with Crippen molar-refractivity contribution in [3.8, 4) is 0 Å². The Hall–Kier alpha value is -0.120. The van der Waals surface area contributed by atoms with E-state index in [-0.39, 0.29) is 0 Å². The maximum absolute atomic E-state index is 5.33. The molecule has 76 valence electrons. The maximum atomic E-state index is 5.33. The van der Waals surface area contributed by atoms with Crippen LogP contribution in [0.2, 0.25) is 0 Å². The van der Waals surface area contributed by atoms with Gasteiger partial charge in [-0.15, -0.1) is 0 Å². The van der Waals surface area contributed by atoms with Crippen LogP contribution in [0.3, 0.4) is 0 Å². The van der Waals surface area contributed by atoms with Gasteiger partial charge in [0.05, 0.1) is 6.61 Å². The highest BCUT2D eigenvalue weighted by molar-refractivity contribution is 4.74. The van der Waals surface area contributed by atoms with Gasteiger partial charge in [-0.05, 0) is 44.3 Å². The predicted molar refractivity (Wildman–Crippen MR) is 52.8 cm³/mol. The smallest absolute Gasteiger partial charge is 0.0507 e. The number of ether oxygens (including phenoxy) is 1. The van der Waals surface area contributed by atoms with Gasteiger partial charge in [-0.2, -0.15) is 0 Å². The lowest BCUT2D eigenvalue weighted by molar-refractivity contribution is 0.185. The molecule has 0 aromatic rings. The van der Waals surface area contributed by atoms with E-state index in [0.29, 0.717) is 0 Å². The van der Waals surface area contributed by atoms with Gasteiger partial charge in [-0.1, -0.05) is 0 Å². The van der Waals surface area contributed by atoms with Gasteiger partial charge >= 0.3 is 0 Å². The quantitative estimate of drug-likeness (QED) is 0.656. The lowest BCUT2D eigenvalue weighted by atomic mass is 10.1. The highest BCUT2D eigenvalue weighted by Gasteiger charge is 2.17. The summed E-state index contributed by atoms with van der Waals surface area (Å²) in [6, 6.07) is 0. The van der Waals surface area contributed by atoms with Crippen LogP contribution < -0.4 is 10.6 Å². The van der Waals surface area contributed by atoms with E-state index >= 15 is 0 Å². The first-order valence-corrected chi connectivity index (χ1v) is 5.44. The normalized spacial score (nSPS) is 34.2. The molecule has 2 rings (SSSR count). The molecule has 13 heavy (non-hydrogen) atoms. The highest BCUT2D eigenvalue weighted by atomic mass is 16.5. The van der Waals surface area contributed by atoms with Crippen molar-refractivity contribution in [2.75, 3.05) is 39.4 Å². The van der Waals surface area contributed by atoms with Crippen LogP contribution in [0.5, 0.6) is 0 Å². The number of hydrogen-bond donors (Lipinski definition) is 2. The molecule has 3 heteroatoms. The summed E-state index contributed by atoms with van der Waals surface area (Å²) in [5.74, 6) is 1.64. The molecule has 0 bridgehead atoms. The van der Waals surface area contributed by atoms with E-state index in [4.69, 9.17) is 4.74 Å². The Kier molecular flexibility index (Phi) is 3.58. The summed E-state index contributed by atoms with van der Waals surface area (Å²) in [6.45, 7) is 6.68. The predicted octanol–water partition coefficient (Wildman–Crippen LogP) is 0.222. The lowest BCUT2D eigenvalue weighted by Gasteiger charge is -2.12. The highest BCUT2D eigenvalue weighted by Crippen LogP contribution is 2.11. The fraction of sp³-hybridized carbons (Fsp3) is 1.00. The van der Waals surface area contributed by atoms with Crippen LogP contribution in [0.25, 0.3) is 0 Å². The van der Waals surface area contributed by atoms with E-state index in [1.54, 1.807) is 0 Å². The van der Waals surface area contributed by atoms with Gasteiger partial charge in [-0.25, -0.2) is 0 Å². The third-order valence-electron chi connectivity index (χ3n) is 3.05. The van der Waals surface area contributed by atoms with E-state index in [0.717, 1.165) is 31.6 Å². The number of rotatable bonds is 4. The van der Waals surface area contributed by atoms with Gasteiger partial charge in [0.2, 0.25) is 0 Å². The van der Waals surface area contributed by atoms with Crippen molar-refractivity contribution in [2.45, 2.75) is 12.8 Å². The van der Waals surface area contributed by atoms with Crippen molar-refractivity contribution in [3.05, 3.63) is 0 Å². The Balaban J connectivity index is 1.52. The fourth-order valence-electron chi connectivity index (χ4n) is 2.12. The van der Waals surface area contributed by atoms with Crippen molar-refractivity contribution in [2.24, 2.45) is 11.8 Å². The Morgan fingerprint density at radius 1 is 1.23 bits per heavy atom. The molecule has 0 amide bonds. The largest absolute Gasteiger partial charge is 0.381 e. The Bertz CT molecular complexity index is 124. The van der Waals surface area contributed by atoms with Crippen LogP contribution >= 0.6 is 0 Å². The third-order valence-corrected chi connectivity index (χ3v) is 3.05. The molecule has 2 unspecified atom stereocenters. The molecule has 2 N–H and O–H groups in total. The summed E-state index contributed by atoms with van der Waals surface area (Å²) in [7, 11) is 0. The van der Waals surface area contributed by atoms with Crippen LogP contribution in [0.15, 0.2) is 0 Å². The third kappa shape index (κ3) is 2.93. The van der Waals surface area contributed by atoms with Crippen LogP contribution in [0, 0.1) is 11.8 Å². The summed E-state index contributed by atoms with van der Waals surface area (Å²) >= 11 is 0. The van der Waals surface area contributed by atoms with Gasteiger partial charge in [0, 0.05) is 13.2 Å². The molecule has 2 fully saturated rings. The van der Waals surface area contributed by atoms with Crippen molar-refractivity contribution in [1.29, 1.82) is 0 Å². The second-order valence-electron chi connectivity index (χ2n) is 4.25. The molecule has 2 atom stereocenters. The second-order valence-corrected chi connectivity index (χ2v) is 4.25. The van der Waals surface area contributed by atoms with Crippen LogP contribution in [-0.4, -0.2) is 39.4 Å². The van der Waals surface area contributed by atoms with E-state index in [1.165, 1.54) is 32.5 Å². The van der Waals surface area contributed by atoms with Crippen molar-refractivity contribution in [3.63, 3.8) is 0 Å². The maximum Gasteiger partial charge on any atom is 0.0507 e. The number of hydrogen-bond acceptors (Lipinski definition) is 3. The Labute approximate surface area is 80.2 Å². The lowest BCUT2D eigenvalue weighted by Crippen LogP contribution is -2.29. The summed E-state index contributed by atoms with van der Waals surface area (Å²) < 4.78 is 5.33. The van der Waals surface area contributed by atoms with E-state index in [2.05, 4.69) is 10.6 Å². The van der Waals surface area contributed by atoms with Gasteiger partial charge in [0.15, 0.2) is 0 Å². The molecule has 0 radical (unpaired) electrons. The average molecular weight is 184 g/mol. The fourth-order valence-corrected chi connectivity index (χ4v) is 2.12. The van der Waals surface area contributed by atoms with E-state index in [9.17, 15) is 0 Å². The number of nitrogens with one attached hydrogen (secondary N) is 2. The molecule has 2 aliphatic rings. The summed E-state index contributed by atoms with van der Waals surface area (Å²) in [6.07, 6.45) is 2.59. The molecule has 0 aliphatic carbocycles. The standard InChI is InChI=1S/C10H20N2O/c1-3-11-5-9(1)6-12-7-10-2-4-13-8-10/h9-12H,1-8H2. The van der Waals surface area contributed by atoms with Gasteiger partial charge in [-0.3, -0.25) is 0 Å². The summed E-state index contributed by atoms with van der Waals surface area (Å²) in [5, 5.41) is 6.94. The van der Waals surface area contributed by atoms with E-state index in [1.807, 2.05) is 0 Å². The molecule has 0 aromatic heterocycles. The van der Waals surface area contributed by atoms with E-state index < -0.39 is 0 Å². The minimum Gasteiger partial charge on any atom is -0.381 e. The zero-order chi connectivity index (χ0) is 8.93. The second kappa shape index (κ2) is 4.94. The van der Waals surface area contributed by atoms with Crippen LogP contribution in [-0.2, 0) is 4.74 Å². The molecular formula is C10H20N2O. The average Bonchev–Trinajstić information content (AvgIpc) is 2.75. The first kappa shape index (κ1) is 9.44. The molecule has 2 aliphatic heterocycles. The Morgan fingerprint density at radius 2 is 2.15 bits per heavy atom. The van der Waals surface area contributed by atoms with Crippen molar-refractivity contribution >= 4 is 0 Å². The summed E-state index contributed by atoms with van der Waals surface area (Å²) in [4.78, 5) is 0. The van der Waals surface area contributed by atoms with Gasteiger partial charge in [0.1, 0.15) is 0 Å². The molecule has 0 aromatic carbocycles. The van der Waals surface area contributed by atoms with Gasteiger partial charge < -0.3 is 15.4 Å². The molecule has 3 nitrogen and oxygen atoms in total. The van der Waals surface area contributed by atoms with Gasteiger partial charge in [0.25, 0.3) is 0 Å².